The summed E-state index contributed by atoms with van der Waals surface area (Å²) in [7, 11) is 0. The zero-order valence-corrected chi connectivity index (χ0v) is 12.2. The molecule has 0 amide bonds. The first-order chi connectivity index (χ1) is 8.16. The summed E-state index contributed by atoms with van der Waals surface area (Å²) >= 11 is 16.8. The summed E-state index contributed by atoms with van der Waals surface area (Å²) in [5, 5.41) is 6.91. The Kier molecular flexibility index (Phi) is 4.39. The van der Waals surface area contributed by atoms with Crippen molar-refractivity contribution in [1.82, 2.24) is 4.98 Å². The van der Waals surface area contributed by atoms with Crippen molar-refractivity contribution in [1.29, 1.82) is 0 Å². The Morgan fingerprint density at radius 2 is 2.06 bits per heavy atom. The van der Waals surface area contributed by atoms with Crippen LogP contribution in [0.4, 0.5) is 5.69 Å². The van der Waals surface area contributed by atoms with E-state index in [2.05, 4.69) is 31.4 Å². The van der Waals surface area contributed by atoms with Crippen LogP contribution in [0.2, 0.25) is 10.0 Å². The topological polar surface area (TPSA) is 37.3 Å². The number of aromatic nitrogens is 1. The Hall–Kier alpha value is -0.620. The molecule has 2 rings (SSSR count). The minimum atomic E-state index is 0.432. The van der Waals surface area contributed by atoms with E-state index in [0.29, 0.717) is 15.7 Å². The Morgan fingerprint density at radius 1 is 1.35 bits per heavy atom. The molecule has 3 nitrogen and oxygen atoms in total. The van der Waals surface area contributed by atoms with Crippen LogP contribution in [-0.2, 0) is 0 Å². The molecule has 0 bridgehead atoms. The molecule has 7 heteroatoms. The lowest BCUT2D eigenvalue weighted by molar-refractivity contribution is 1.28. The Morgan fingerprint density at radius 3 is 2.65 bits per heavy atom. The maximum Gasteiger partial charge on any atom is 0.0965 e. The van der Waals surface area contributed by atoms with Gasteiger partial charge >= 0.3 is 0 Å². The number of halogens is 3. The zero-order valence-electron chi connectivity index (χ0n) is 8.32. The monoisotopic (exact) mass is 349 g/mol. The molecule has 0 aliphatic heterocycles. The van der Waals surface area contributed by atoms with Gasteiger partial charge in [0.2, 0.25) is 0 Å². The standard InChI is InChI=1S/C10H6BrCl2N3S/c11-6-1-7(17-5-6)2-15-16-10-8(12)3-14-4-9(10)13/h1-5H,(H,14,16)/b15-2-. The van der Waals surface area contributed by atoms with E-state index >= 15 is 0 Å². The fraction of sp³-hybridized carbons (Fsp3) is 0. The van der Waals surface area contributed by atoms with Gasteiger partial charge in [-0.15, -0.1) is 11.3 Å². The third kappa shape index (κ3) is 3.42. The number of anilines is 1. The van der Waals surface area contributed by atoms with Gasteiger partial charge in [-0.1, -0.05) is 23.2 Å². The smallest absolute Gasteiger partial charge is 0.0965 e. The van der Waals surface area contributed by atoms with Crippen LogP contribution >= 0.6 is 50.5 Å². The lowest BCUT2D eigenvalue weighted by atomic mass is 10.4. The van der Waals surface area contributed by atoms with Gasteiger partial charge in [-0.2, -0.15) is 5.10 Å². The minimum absolute atomic E-state index is 0.432. The predicted octanol–water partition coefficient (Wildman–Crippen LogP) is 4.66. The quantitative estimate of drug-likeness (QED) is 0.645. The van der Waals surface area contributed by atoms with Gasteiger partial charge in [-0.3, -0.25) is 10.4 Å². The molecule has 0 spiro atoms. The van der Waals surface area contributed by atoms with Crippen molar-refractivity contribution in [2.24, 2.45) is 5.10 Å². The average molecular weight is 351 g/mol. The van der Waals surface area contributed by atoms with Crippen LogP contribution in [0, 0.1) is 0 Å². The summed E-state index contributed by atoms with van der Waals surface area (Å²) < 4.78 is 1.03. The predicted molar refractivity (Wildman–Crippen MR) is 77.5 cm³/mol. The fourth-order valence-electron chi connectivity index (χ4n) is 1.07. The highest BCUT2D eigenvalue weighted by molar-refractivity contribution is 9.10. The summed E-state index contributed by atoms with van der Waals surface area (Å²) in [6, 6.07) is 1.96. The van der Waals surface area contributed by atoms with E-state index in [1.165, 1.54) is 12.4 Å². The van der Waals surface area contributed by atoms with Gasteiger partial charge in [0.05, 0.1) is 21.9 Å². The highest BCUT2D eigenvalue weighted by Crippen LogP contribution is 2.28. The molecule has 0 aromatic carbocycles. The maximum absolute atomic E-state index is 5.93. The molecule has 0 atom stereocenters. The summed E-state index contributed by atoms with van der Waals surface area (Å²) in [5.41, 5.74) is 3.35. The molecule has 2 aromatic rings. The fourth-order valence-corrected chi connectivity index (χ4v) is 2.83. The molecule has 1 N–H and O–H groups in total. The minimum Gasteiger partial charge on any atom is -0.275 e. The van der Waals surface area contributed by atoms with E-state index in [-0.39, 0.29) is 0 Å². The summed E-state index contributed by atoms with van der Waals surface area (Å²) in [5.74, 6) is 0. The molecule has 0 radical (unpaired) electrons. The first-order valence-electron chi connectivity index (χ1n) is 4.49. The summed E-state index contributed by atoms with van der Waals surface area (Å²) in [6.45, 7) is 0. The number of rotatable bonds is 3. The van der Waals surface area contributed by atoms with Crippen molar-refractivity contribution >= 4 is 62.4 Å². The molecule has 0 saturated carbocycles. The van der Waals surface area contributed by atoms with E-state index < -0.39 is 0 Å². The van der Waals surface area contributed by atoms with Crippen LogP contribution in [0.1, 0.15) is 4.88 Å². The number of nitrogens with one attached hydrogen (secondary N) is 1. The maximum atomic E-state index is 5.93. The number of hydrogen-bond acceptors (Lipinski definition) is 4. The second kappa shape index (κ2) is 5.82. The first kappa shape index (κ1) is 12.8. The van der Waals surface area contributed by atoms with Crippen LogP contribution in [0.15, 0.2) is 33.4 Å². The highest BCUT2D eigenvalue weighted by atomic mass is 79.9. The van der Waals surface area contributed by atoms with Gasteiger partial charge in [0, 0.05) is 27.1 Å². The van der Waals surface area contributed by atoms with E-state index in [0.717, 1.165) is 9.35 Å². The lowest BCUT2D eigenvalue weighted by Crippen LogP contribution is -1.92. The number of hydrazone groups is 1. The van der Waals surface area contributed by atoms with Crippen LogP contribution in [0.25, 0.3) is 0 Å². The molecular formula is C10H6BrCl2N3S. The Labute approximate surface area is 121 Å². The van der Waals surface area contributed by atoms with Gasteiger partial charge in [0.25, 0.3) is 0 Å². The summed E-state index contributed by atoms with van der Waals surface area (Å²) in [6.07, 6.45) is 4.71. The number of thiophene rings is 1. The molecule has 88 valence electrons. The van der Waals surface area contributed by atoms with Crippen molar-refractivity contribution in [3.05, 3.63) is 43.2 Å². The summed E-state index contributed by atoms with van der Waals surface area (Å²) in [4.78, 5) is 4.87. The molecule has 0 aliphatic rings. The van der Waals surface area contributed by atoms with E-state index in [9.17, 15) is 0 Å². The Bertz CT molecular complexity index is 536. The van der Waals surface area contributed by atoms with Crippen LogP contribution in [-0.4, -0.2) is 11.2 Å². The lowest BCUT2D eigenvalue weighted by Gasteiger charge is -2.03. The molecule has 2 aromatic heterocycles. The molecule has 0 unspecified atom stereocenters. The van der Waals surface area contributed by atoms with Gasteiger partial charge in [-0.25, -0.2) is 0 Å². The number of nitrogens with zero attached hydrogens (tertiary/aromatic N) is 2. The molecule has 17 heavy (non-hydrogen) atoms. The van der Waals surface area contributed by atoms with Crippen molar-refractivity contribution in [2.75, 3.05) is 5.43 Å². The molecule has 0 saturated heterocycles. The van der Waals surface area contributed by atoms with Gasteiger partial charge in [-0.05, 0) is 22.0 Å². The largest absolute Gasteiger partial charge is 0.275 e. The van der Waals surface area contributed by atoms with Gasteiger partial charge < -0.3 is 0 Å². The van der Waals surface area contributed by atoms with Crippen molar-refractivity contribution in [3.63, 3.8) is 0 Å². The van der Waals surface area contributed by atoms with Crippen molar-refractivity contribution in [3.8, 4) is 0 Å². The second-order valence-corrected chi connectivity index (χ2v) is 5.69. The van der Waals surface area contributed by atoms with Crippen LogP contribution < -0.4 is 5.43 Å². The van der Waals surface area contributed by atoms with Crippen molar-refractivity contribution in [2.45, 2.75) is 0 Å². The van der Waals surface area contributed by atoms with Crippen molar-refractivity contribution < 1.29 is 0 Å². The molecule has 2 heterocycles. The average Bonchev–Trinajstić information content (AvgIpc) is 2.69. The Balaban J connectivity index is 2.10. The number of hydrogen-bond donors (Lipinski definition) is 1. The molecule has 0 aliphatic carbocycles. The van der Waals surface area contributed by atoms with E-state index in [1.807, 2.05) is 11.4 Å². The molecular weight excluding hydrogens is 345 g/mol. The van der Waals surface area contributed by atoms with Gasteiger partial charge in [0.1, 0.15) is 0 Å². The number of pyridine rings is 1. The van der Waals surface area contributed by atoms with Crippen LogP contribution in [0.3, 0.4) is 0 Å². The van der Waals surface area contributed by atoms with Crippen LogP contribution in [0.5, 0.6) is 0 Å². The van der Waals surface area contributed by atoms with E-state index in [4.69, 9.17) is 23.2 Å². The highest BCUT2D eigenvalue weighted by Gasteiger charge is 2.04. The second-order valence-electron chi connectivity index (χ2n) is 3.02. The molecule has 0 fully saturated rings. The van der Waals surface area contributed by atoms with Gasteiger partial charge in [0.15, 0.2) is 0 Å². The SMILES string of the molecule is Clc1cncc(Cl)c1N/N=C\c1cc(Br)cs1. The third-order valence-corrected chi connectivity index (χ3v) is 4.01. The van der Waals surface area contributed by atoms with E-state index in [1.54, 1.807) is 17.6 Å². The third-order valence-electron chi connectivity index (χ3n) is 1.81. The normalized spacial score (nSPS) is 11.0. The zero-order chi connectivity index (χ0) is 12.3. The first-order valence-corrected chi connectivity index (χ1v) is 6.92.